The van der Waals surface area contributed by atoms with Crippen molar-refractivity contribution in [3.05, 3.63) is 59.0 Å². The molecule has 0 saturated carbocycles. The van der Waals surface area contributed by atoms with Crippen LogP contribution in [0.25, 0.3) is 22.1 Å². The van der Waals surface area contributed by atoms with Crippen LogP contribution in [-0.2, 0) is 0 Å². The maximum Gasteiger partial charge on any atom is 0.344 e. The Morgan fingerprint density at radius 1 is 1.05 bits per heavy atom. The van der Waals surface area contributed by atoms with Gasteiger partial charge in [0.05, 0.1) is 12.7 Å². The summed E-state index contributed by atoms with van der Waals surface area (Å²) in [6, 6.07) is 14.3. The fourth-order valence-corrected chi connectivity index (χ4v) is 2.08. The van der Waals surface area contributed by atoms with Crippen LogP contribution >= 0.6 is 0 Å². The Morgan fingerprint density at radius 3 is 2.50 bits per heavy atom. The van der Waals surface area contributed by atoms with Crippen molar-refractivity contribution in [2.75, 3.05) is 12.8 Å². The third-order valence-corrected chi connectivity index (χ3v) is 3.16. The van der Waals surface area contributed by atoms with E-state index in [1.54, 1.807) is 37.4 Å². The van der Waals surface area contributed by atoms with Gasteiger partial charge in [0.1, 0.15) is 11.3 Å². The number of hydrogen-bond donors (Lipinski definition) is 1. The normalized spacial score (nSPS) is 10.7. The number of nitrogens with two attached hydrogens (primary N) is 1. The average molecular weight is 267 g/mol. The Kier molecular flexibility index (Phi) is 2.91. The fourth-order valence-electron chi connectivity index (χ4n) is 2.08. The summed E-state index contributed by atoms with van der Waals surface area (Å²) in [5, 5.41) is 0.845. The molecule has 0 aliphatic heterocycles. The van der Waals surface area contributed by atoms with Gasteiger partial charge in [0, 0.05) is 17.1 Å². The molecule has 4 nitrogen and oxygen atoms in total. The molecule has 2 aromatic carbocycles. The second-order valence-corrected chi connectivity index (χ2v) is 4.47. The highest BCUT2D eigenvalue weighted by atomic mass is 16.5. The summed E-state index contributed by atoms with van der Waals surface area (Å²) >= 11 is 0. The van der Waals surface area contributed by atoms with Gasteiger partial charge in [-0.1, -0.05) is 12.1 Å². The molecule has 0 unspecified atom stereocenters. The zero-order valence-corrected chi connectivity index (χ0v) is 10.9. The average Bonchev–Trinajstić information content (AvgIpc) is 2.47. The van der Waals surface area contributed by atoms with Crippen molar-refractivity contribution in [1.29, 1.82) is 0 Å². The van der Waals surface area contributed by atoms with Gasteiger partial charge in [-0.15, -0.1) is 0 Å². The third-order valence-electron chi connectivity index (χ3n) is 3.16. The van der Waals surface area contributed by atoms with E-state index in [2.05, 4.69) is 0 Å². The molecule has 100 valence electrons. The molecule has 4 heteroatoms. The molecule has 0 atom stereocenters. The first-order valence-electron chi connectivity index (χ1n) is 6.15. The monoisotopic (exact) mass is 267 g/mol. The van der Waals surface area contributed by atoms with E-state index < -0.39 is 0 Å². The molecule has 0 saturated heterocycles. The van der Waals surface area contributed by atoms with Crippen LogP contribution in [-0.4, -0.2) is 7.11 Å². The van der Waals surface area contributed by atoms with E-state index in [0.717, 1.165) is 10.9 Å². The Labute approximate surface area is 115 Å². The summed E-state index contributed by atoms with van der Waals surface area (Å²) in [5.41, 5.74) is 7.73. The van der Waals surface area contributed by atoms with Crippen LogP contribution in [0.1, 0.15) is 0 Å². The lowest BCUT2D eigenvalue weighted by Gasteiger charge is -2.04. The minimum Gasteiger partial charge on any atom is -0.497 e. The van der Waals surface area contributed by atoms with E-state index >= 15 is 0 Å². The number of ether oxygens (including phenoxy) is 1. The van der Waals surface area contributed by atoms with Gasteiger partial charge >= 0.3 is 5.63 Å². The lowest BCUT2D eigenvalue weighted by Crippen LogP contribution is -2.02. The van der Waals surface area contributed by atoms with Gasteiger partial charge in [-0.05, 0) is 35.9 Å². The molecule has 0 aliphatic carbocycles. The van der Waals surface area contributed by atoms with Crippen LogP contribution in [0.4, 0.5) is 5.69 Å². The molecule has 3 aromatic rings. The van der Waals surface area contributed by atoms with Gasteiger partial charge in [0.25, 0.3) is 0 Å². The molecule has 2 N–H and O–H groups in total. The number of methoxy groups -OCH3 is 1. The fraction of sp³-hybridized carbons (Fsp3) is 0.0625. The van der Waals surface area contributed by atoms with Crippen molar-refractivity contribution in [3.8, 4) is 16.9 Å². The number of nitrogen functional groups attached to an aromatic ring is 1. The van der Waals surface area contributed by atoms with E-state index in [4.69, 9.17) is 14.9 Å². The number of benzene rings is 2. The standard InChI is InChI=1S/C16H13NO3/c1-19-13-7-4-11-8-14(16(18)20-15(11)9-13)10-2-5-12(17)6-3-10/h2-9H,17H2,1H3. The van der Waals surface area contributed by atoms with Gasteiger partial charge in [0.15, 0.2) is 0 Å². The second-order valence-electron chi connectivity index (χ2n) is 4.47. The largest absolute Gasteiger partial charge is 0.497 e. The predicted octanol–water partition coefficient (Wildman–Crippen LogP) is 3.05. The first-order chi connectivity index (χ1) is 9.67. The van der Waals surface area contributed by atoms with Gasteiger partial charge in [0.2, 0.25) is 0 Å². The first kappa shape index (κ1) is 12.3. The maximum atomic E-state index is 12.1. The molecular formula is C16H13NO3. The van der Waals surface area contributed by atoms with Gasteiger partial charge in [-0.3, -0.25) is 0 Å². The predicted molar refractivity (Wildman–Crippen MR) is 78.9 cm³/mol. The van der Waals surface area contributed by atoms with E-state index in [9.17, 15) is 4.79 Å². The lowest BCUT2D eigenvalue weighted by atomic mass is 10.1. The summed E-state index contributed by atoms with van der Waals surface area (Å²) in [4.78, 5) is 12.1. The molecule has 3 rings (SSSR count). The third kappa shape index (κ3) is 2.12. The molecule has 20 heavy (non-hydrogen) atoms. The van der Waals surface area contributed by atoms with Crippen molar-refractivity contribution >= 4 is 16.7 Å². The Morgan fingerprint density at radius 2 is 1.80 bits per heavy atom. The highest BCUT2D eigenvalue weighted by molar-refractivity contribution is 5.82. The molecule has 0 aliphatic rings. The van der Waals surface area contributed by atoms with E-state index in [0.29, 0.717) is 22.6 Å². The number of anilines is 1. The first-order valence-corrected chi connectivity index (χ1v) is 6.15. The van der Waals surface area contributed by atoms with E-state index in [-0.39, 0.29) is 5.63 Å². The molecule has 1 heterocycles. The van der Waals surface area contributed by atoms with Crippen LogP contribution in [0.15, 0.2) is 57.7 Å². The van der Waals surface area contributed by atoms with Crippen molar-refractivity contribution in [2.45, 2.75) is 0 Å². The number of hydrogen-bond acceptors (Lipinski definition) is 4. The topological polar surface area (TPSA) is 65.5 Å². The summed E-state index contributed by atoms with van der Waals surface area (Å²) < 4.78 is 10.5. The maximum absolute atomic E-state index is 12.1. The minimum atomic E-state index is -0.379. The zero-order chi connectivity index (χ0) is 14.1. The molecule has 0 radical (unpaired) electrons. The highest BCUT2D eigenvalue weighted by Crippen LogP contribution is 2.24. The summed E-state index contributed by atoms with van der Waals surface area (Å²) in [7, 11) is 1.57. The van der Waals surface area contributed by atoms with Gasteiger partial charge in [-0.25, -0.2) is 4.79 Å². The lowest BCUT2D eigenvalue weighted by molar-refractivity contribution is 0.414. The van der Waals surface area contributed by atoms with E-state index in [1.807, 2.05) is 18.2 Å². The molecule has 0 spiro atoms. The molecule has 0 amide bonds. The highest BCUT2D eigenvalue weighted by Gasteiger charge is 2.08. The SMILES string of the molecule is COc1ccc2cc(-c3ccc(N)cc3)c(=O)oc2c1. The second kappa shape index (κ2) is 4.74. The van der Waals surface area contributed by atoms with Crippen molar-refractivity contribution < 1.29 is 9.15 Å². The molecule has 1 aromatic heterocycles. The van der Waals surface area contributed by atoms with Crippen molar-refractivity contribution in [2.24, 2.45) is 0 Å². The van der Waals surface area contributed by atoms with Crippen LogP contribution in [0.3, 0.4) is 0 Å². The van der Waals surface area contributed by atoms with E-state index in [1.165, 1.54) is 0 Å². The quantitative estimate of drug-likeness (QED) is 0.572. The smallest absolute Gasteiger partial charge is 0.344 e. The molecule has 0 fully saturated rings. The van der Waals surface area contributed by atoms with Crippen LogP contribution in [0.2, 0.25) is 0 Å². The zero-order valence-electron chi connectivity index (χ0n) is 10.9. The minimum absolute atomic E-state index is 0.379. The Balaban J connectivity index is 2.20. The Bertz CT molecular complexity index is 819. The number of fused-ring (bicyclic) bond motifs is 1. The summed E-state index contributed by atoms with van der Waals surface area (Å²) in [6.45, 7) is 0. The van der Waals surface area contributed by atoms with Crippen LogP contribution in [0.5, 0.6) is 5.75 Å². The van der Waals surface area contributed by atoms with Crippen molar-refractivity contribution in [1.82, 2.24) is 0 Å². The molecular weight excluding hydrogens is 254 g/mol. The summed E-state index contributed by atoms with van der Waals surface area (Å²) in [5.74, 6) is 0.654. The van der Waals surface area contributed by atoms with Crippen LogP contribution < -0.4 is 16.1 Å². The van der Waals surface area contributed by atoms with Gasteiger partial charge in [-0.2, -0.15) is 0 Å². The van der Waals surface area contributed by atoms with Crippen molar-refractivity contribution in [3.63, 3.8) is 0 Å². The number of rotatable bonds is 2. The van der Waals surface area contributed by atoms with Gasteiger partial charge < -0.3 is 14.9 Å². The van der Waals surface area contributed by atoms with Crippen LogP contribution in [0, 0.1) is 0 Å². The molecule has 0 bridgehead atoms. The summed E-state index contributed by atoms with van der Waals surface area (Å²) in [6.07, 6.45) is 0. The Hall–Kier alpha value is -2.75.